The maximum atomic E-state index is 5.24. The number of methoxy groups -OCH3 is 1. The first-order valence-corrected chi connectivity index (χ1v) is 8.97. The lowest BCUT2D eigenvalue weighted by Crippen LogP contribution is -2.30. The summed E-state index contributed by atoms with van der Waals surface area (Å²) in [5, 5.41) is 1.16. The van der Waals surface area contributed by atoms with Crippen LogP contribution in [-0.4, -0.2) is 30.2 Å². The number of anilines is 1. The molecular weight excluding hydrogens is 310 g/mol. The molecule has 0 radical (unpaired) electrons. The molecule has 0 saturated carbocycles. The number of benzene rings is 2. The van der Waals surface area contributed by atoms with Gasteiger partial charge in [0.25, 0.3) is 0 Å². The van der Waals surface area contributed by atoms with E-state index in [4.69, 9.17) is 14.7 Å². The first-order valence-electron chi connectivity index (χ1n) is 8.97. The Morgan fingerprint density at radius 3 is 2.44 bits per heavy atom. The topological polar surface area (TPSA) is 38.2 Å². The Hall–Kier alpha value is -2.62. The highest BCUT2D eigenvalue weighted by Gasteiger charge is 2.17. The zero-order valence-corrected chi connectivity index (χ0v) is 14.6. The van der Waals surface area contributed by atoms with Gasteiger partial charge in [0.15, 0.2) is 0 Å². The molecule has 1 aliphatic heterocycles. The van der Waals surface area contributed by atoms with Gasteiger partial charge in [0.1, 0.15) is 17.4 Å². The molecule has 1 fully saturated rings. The van der Waals surface area contributed by atoms with Gasteiger partial charge in [-0.1, -0.05) is 24.3 Å². The maximum absolute atomic E-state index is 5.24. The van der Waals surface area contributed by atoms with Gasteiger partial charge < -0.3 is 9.64 Å². The zero-order chi connectivity index (χ0) is 17.1. The molecule has 0 atom stereocenters. The Bertz CT molecular complexity index is 855. The van der Waals surface area contributed by atoms with Crippen molar-refractivity contribution in [3.8, 4) is 5.75 Å². The number of nitrogens with zero attached hydrogens (tertiary/aromatic N) is 3. The van der Waals surface area contributed by atoms with Crippen LogP contribution in [0.25, 0.3) is 10.9 Å². The molecule has 4 nitrogen and oxygen atoms in total. The molecule has 0 N–H and O–H groups in total. The fourth-order valence-corrected chi connectivity index (χ4v) is 3.46. The van der Waals surface area contributed by atoms with Crippen LogP contribution >= 0.6 is 0 Å². The average molecular weight is 333 g/mol. The van der Waals surface area contributed by atoms with Crippen molar-refractivity contribution in [3.63, 3.8) is 0 Å². The van der Waals surface area contributed by atoms with Crippen molar-refractivity contribution in [1.82, 2.24) is 9.97 Å². The van der Waals surface area contributed by atoms with Gasteiger partial charge in [-0.05, 0) is 49.1 Å². The van der Waals surface area contributed by atoms with E-state index in [1.165, 1.54) is 24.8 Å². The van der Waals surface area contributed by atoms with Crippen molar-refractivity contribution >= 4 is 16.7 Å². The number of piperidine rings is 1. The highest BCUT2D eigenvalue weighted by molar-refractivity contribution is 5.89. The predicted octanol–water partition coefficient (Wildman–Crippen LogP) is 4.22. The lowest BCUT2D eigenvalue weighted by atomic mass is 10.1. The molecule has 0 unspecified atom stereocenters. The van der Waals surface area contributed by atoms with E-state index in [1.54, 1.807) is 7.11 Å². The fourth-order valence-electron chi connectivity index (χ4n) is 3.46. The van der Waals surface area contributed by atoms with Crippen molar-refractivity contribution in [2.75, 3.05) is 25.1 Å². The summed E-state index contributed by atoms with van der Waals surface area (Å²) in [7, 11) is 1.69. The van der Waals surface area contributed by atoms with Gasteiger partial charge in [-0.3, -0.25) is 0 Å². The van der Waals surface area contributed by atoms with Crippen LogP contribution in [-0.2, 0) is 6.42 Å². The van der Waals surface area contributed by atoms with E-state index in [9.17, 15) is 0 Å². The molecule has 128 valence electrons. The molecule has 0 amide bonds. The maximum Gasteiger partial charge on any atom is 0.140 e. The second-order valence-electron chi connectivity index (χ2n) is 6.55. The van der Waals surface area contributed by atoms with E-state index < -0.39 is 0 Å². The third kappa shape index (κ3) is 3.43. The number of para-hydroxylation sites is 1. The lowest BCUT2D eigenvalue weighted by Gasteiger charge is -2.29. The monoisotopic (exact) mass is 333 g/mol. The van der Waals surface area contributed by atoms with Crippen LogP contribution in [0.15, 0.2) is 48.5 Å². The summed E-state index contributed by atoms with van der Waals surface area (Å²) in [6.07, 6.45) is 4.53. The molecule has 0 bridgehead atoms. The number of fused-ring (bicyclic) bond motifs is 1. The van der Waals surface area contributed by atoms with Crippen LogP contribution < -0.4 is 9.64 Å². The van der Waals surface area contributed by atoms with Crippen LogP contribution in [0.2, 0.25) is 0 Å². The van der Waals surface area contributed by atoms with Gasteiger partial charge in [-0.25, -0.2) is 9.97 Å². The first kappa shape index (κ1) is 15.9. The fraction of sp³-hybridized carbons (Fsp3) is 0.333. The van der Waals surface area contributed by atoms with Crippen LogP contribution in [0.4, 0.5) is 5.82 Å². The lowest BCUT2D eigenvalue weighted by molar-refractivity contribution is 0.414. The minimum atomic E-state index is 0.732. The van der Waals surface area contributed by atoms with Crippen molar-refractivity contribution < 1.29 is 4.74 Å². The quantitative estimate of drug-likeness (QED) is 0.716. The Morgan fingerprint density at radius 2 is 1.68 bits per heavy atom. The summed E-state index contributed by atoms with van der Waals surface area (Å²) in [5.74, 6) is 2.84. The third-order valence-electron chi connectivity index (χ3n) is 4.81. The van der Waals surface area contributed by atoms with Crippen molar-refractivity contribution in [2.45, 2.75) is 25.7 Å². The zero-order valence-electron chi connectivity index (χ0n) is 14.6. The highest BCUT2D eigenvalue weighted by atomic mass is 16.5. The average Bonchev–Trinajstić information content (AvgIpc) is 2.68. The highest BCUT2D eigenvalue weighted by Crippen LogP contribution is 2.27. The van der Waals surface area contributed by atoms with Crippen LogP contribution in [0.3, 0.4) is 0 Å². The van der Waals surface area contributed by atoms with Gasteiger partial charge in [0, 0.05) is 24.9 Å². The van der Waals surface area contributed by atoms with Gasteiger partial charge >= 0.3 is 0 Å². The molecule has 1 aliphatic rings. The second kappa shape index (κ2) is 7.09. The molecule has 3 aromatic rings. The smallest absolute Gasteiger partial charge is 0.140 e. The van der Waals surface area contributed by atoms with E-state index in [0.29, 0.717) is 0 Å². The minimum absolute atomic E-state index is 0.732. The molecular formula is C21H23N3O. The van der Waals surface area contributed by atoms with E-state index in [0.717, 1.165) is 47.8 Å². The van der Waals surface area contributed by atoms with Crippen molar-refractivity contribution in [2.24, 2.45) is 0 Å². The summed E-state index contributed by atoms with van der Waals surface area (Å²) >= 11 is 0. The van der Waals surface area contributed by atoms with E-state index in [2.05, 4.69) is 35.2 Å². The van der Waals surface area contributed by atoms with Gasteiger partial charge in [0.05, 0.1) is 12.6 Å². The third-order valence-corrected chi connectivity index (χ3v) is 4.81. The first-order chi connectivity index (χ1) is 12.3. The Kier molecular flexibility index (Phi) is 4.51. The van der Waals surface area contributed by atoms with Crippen LogP contribution in [0.5, 0.6) is 5.75 Å². The molecule has 4 heteroatoms. The van der Waals surface area contributed by atoms with Crippen LogP contribution in [0, 0.1) is 0 Å². The summed E-state index contributed by atoms with van der Waals surface area (Å²) in [4.78, 5) is 12.2. The number of rotatable bonds is 4. The molecule has 2 heterocycles. The second-order valence-corrected chi connectivity index (χ2v) is 6.55. The predicted molar refractivity (Wildman–Crippen MR) is 101 cm³/mol. The van der Waals surface area contributed by atoms with Gasteiger partial charge in [0.2, 0.25) is 0 Å². The van der Waals surface area contributed by atoms with Crippen molar-refractivity contribution in [3.05, 3.63) is 59.9 Å². The minimum Gasteiger partial charge on any atom is -0.497 e. The molecule has 1 aromatic heterocycles. The van der Waals surface area contributed by atoms with E-state index in [1.807, 2.05) is 18.2 Å². The summed E-state index contributed by atoms with van der Waals surface area (Å²) in [6.45, 7) is 2.17. The summed E-state index contributed by atoms with van der Waals surface area (Å²) in [6, 6.07) is 16.5. The van der Waals surface area contributed by atoms with E-state index >= 15 is 0 Å². The Labute approximate surface area is 148 Å². The summed E-state index contributed by atoms with van der Waals surface area (Å²) < 4.78 is 5.24. The Morgan fingerprint density at radius 1 is 0.920 bits per heavy atom. The number of aromatic nitrogens is 2. The van der Waals surface area contributed by atoms with Gasteiger partial charge in [-0.2, -0.15) is 0 Å². The molecule has 2 aromatic carbocycles. The number of ether oxygens (including phenoxy) is 1. The summed E-state index contributed by atoms with van der Waals surface area (Å²) in [5.41, 5.74) is 2.22. The molecule has 0 spiro atoms. The number of hydrogen-bond donors (Lipinski definition) is 0. The molecule has 4 rings (SSSR count). The van der Waals surface area contributed by atoms with Gasteiger partial charge in [-0.15, -0.1) is 0 Å². The standard InChI is InChI=1S/C21H23N3O/c1-25-17-11-9-16(10-12-17)15-20-22-19-8-4-3-7-18(19)21(23-20)24-13-5-2-6-14-24/h3-4,7-12H,2,5-6,13-15H2,1H3. The normalized spacial score (nSPS) is 14.7. The number of hydrogen-bond acceptors (Lipinski definition) is 4. The van der Waals surface area contributed by atoms with E-state index in [-0.39, 0.29) is 0 Å². The molecule has 1 saturated heterocycles. The Balaban J connectivity index is 1.70. The SMILES string of the molecule is COc1ccc(Cc2nc(N3CCCCC3)c3ccccc3n2)cc1. The van der Waals surface area contributed by atoms with Crippen LogP contribution in [0.1, 0.15) is 30.7 Å². The van der Waals surface area contributed by atoms with Crippen molar-refractivity contribution in [1.29, 1.82) is 0 Å². The largest absolute Gasteiger partial charge is 0.497 e. The molecule has 25 heavy (non-hydrogen) atoms. The molecule has 0 aliphatic carbocycles.